The minimum absolute atomic E-state index is 1.07. The summed E-state index contributed by atoms with van der Waals surface area (Å²) in [6, 6.07) is 8.50. The molecule has 0 fully saturated rings. The van der Waals surface area contributed by atoms with Gasteiger partial charge in [0.15, 0.2) is 0 Å². The van der Waals surface area contributed by atoms with Crippen molar-refractivity contribution in [3.8, 4) is 0 Å². The first kappa shape index (κ1) is 11.3. The quantitative estimate of drug-likeness (QED) is 0.547. The van der Waals surface area contributed by atoms with E-state index in [4.69, 9.17) is 0 Å². The van der Waals surface area contributed by atoms with Crippen molar-refractivity contribution in [3.63, 3.8) is 0 Å². The molecule has 0 N–H and O–H groups in total. The lowest BCUT2D eigenvalue weighted by molar-refractivity contribution is 1.13. The van der Waals surface area contributed by atoms with E-state index < -0.39 is 0 Å². The second kappa shape index (κ2) is 5.86. The van der Waals surface area contributed by atoms with Gasteiger partial charge in [0.2, 0.25) is 0 Å². The van der Waals surface area contributed by atoms with E-state index in [2.05, 4.69) is 43.1 Å². The molecule has 1 aromatic carbocycles. The van der Waals surface area contributed by atoms with Crippen molar-refractivity contribution in [1.29, 1.82) is 0 Å². The van der Waals surface area contributed by atoms with Crippen LogP contribution in [0.5, 0.6) is 0 Å². The Balaban J connectivity index is 3.03. The average Bonchev–Trinajstić information content (AvgIpc) is 2.26. The number of hydrogen-bond donors (Lipinski definition) is 0. The molecule has 76 valence electrons. The number of hydrogen-bond acceptors (Lipinski definition) is 2. The summed E-state index contributed by atoms with van der Waals surface area (Å²) in [5.74, 6) is 1.07. The topological polar surface area (TPSA) is 12.4 Å². The Hall–Kier alpha value is -0.760. The summed E-state index contributed by atoms with van der Waals surface area (Å²) in [5, 5.41) is 1.16. The summed E-state index contributed by atoms with van der Waals surface area (Å²) in [7, 11) is 1.87. The van der Waals surface area contributed by atoms with Gasteiger partial charge in [-0.05, 0) is 17.7 Å². The summed E-state index contributed by atoms with van der Waals surface area (Å²) < 4.78 is 0. The maximum Gasteiger partial charge on any atom is 0.0976 e. The van der Waals surface area contributed by atoms with Crippen molar-refractivity contribution in [2.45, 2.75) is 20.3 Å². The highest BCUT2D eigenvalue weighted by molar-refractivity contribution is 8.14. The van der Waals surface area contributed by atoms with Gasteiger partial charge >= 0.3 is 0 Å². The Kier molecular flexibility index (Phi) is 4.74. The lowest BCUT2D eigenvalue weighted by atomic mass is 10.1. The zero-order valence-electron chi connectivity index (χ0n) is 9.08. The third-order valence-corrected chi connectivity index (χ3v) is 3.08. The van der Waals surface area contributed by atoms with E-state index in [0.29, 0.717) is 0 Å². The highest BCUT2D eigenvalue weighted by Crippen LogP contribution is 2.18. The molecule has 0 aliphatic carbocycles. The molecule has 0 aliphatic rings. The fourth-order valence-electron chi connectivity index (χ4n) is 1.44. The van der Waals surface area contributed by atoms with Gasteiger partial charge in [0.05, 0.1) is 5.04 Å². The third-order valence-electron chi connectivity index (χ3n) is 2.11. The van der Waals surface area contributed by atoms with E-state index in [9.17, 15) is 0 Å². The molecule has 0 bridgehead atoms. The molecule has 1 nitrogen and oxygen atoms in total. The third kappa shape index (κ3) is 2.61. The maximum atomic E-state index is 4.34. The molecule has 0 saturated heterocycles. The van der Waals surface area contributed by atoms with Gasteiger partial charge < -0.3 is 0 Å². The van der Waals surface area contributed by atoms with Gasteiger partial charge in [-0.1, -0.05) is 38.1 Å². The molecule has 1 rings (SSSR count). The summed E-state index contributed by atoms with van der Waals surface area (Å²) in [5.41, 5.74) is 2.68. The van der Waals surface area contributed by atoms with Gasteiger partial charge in [-0.15, -0.1) is 11.8 Å². The van der Waals surface area contributed by atoms with Crippen LogP contribution in [0.25, 0.3) is 0 Å². The molecule has 0 amide bonds. The number of nitrogens with zero attached hydrogens (tertiary/aromatic N) is 1. The molecule has 0 saturated carbocycles. The highest BCUT2D eigenvalue weighted by atomic mass is 32.2. The molecular formula is C12H17NS. The molecule has 0 unspecified atom stereocenters. The van der Waals surface area contributed by atoms with Gasteiger partial charge in [-0.2, -0.15) is 0 Å². The minimum Gasteiger partial charge on any atom is -0.281 e. The molecule has 0 aromatic heterocycles. The highest BCUT2D eigenvalue weighted by Gasteiger charge is 2.06. The van der Waals surface area contributed by atoms with Crippen LogP contribution in [0.15, 0.2) is 29.3 Å². The van der Waals surface area contributed by atoms with Crippen LogP contribution in [-0.2, 0) is 6.42 Å². The second-order valence-electron chi connectivity index (χ2n) is 2.97. The zero-order chi connectivity index (χ0) is 10.4. The molecule has 0 heterocycles. The second-order valence-corrected chi connectivity index (χ2v) is 4.23. The van der Waals surface area contributed by atoms with Gasteiger partial charge in [-0.25, -0.2) is 0 Å². The number of thioether (sulfide) groups is 1. The van der Waals surface area contributed by atoms with Crippen LogP contribution < -0.4 is 0 Å². The van der Waals surface area contributed by atoms with E-state index in [0.717, 1.165) is 17.2 Å². The van der Waals surface area contributed by atoms with Crippen molar-refractivity contribution in [1.82, 2.24) is 0 Å². The van der Waals surface area contributed by atoms with Gasteiger partial charge in [-0.3, -0.25) is 4.99 Å². The summed E-state index contributed by atoms with van der Waals surface area (Å²) in [4.78, 5) is 4.34. The predicted molar refractivity (Wildman–Crippen MR) is 66.4 cm³/mol. The van der Waals surface area contributed by atoms with Crippen molar-refractivity contribution in [3.05, 3.63) is 35.4 Å². The lowest BCUT2D eigenvalue weighted by Gasteiger charge is -2.08. The smallest absolute Gasteiger partial charge is 0.0976 e. The predicted octanol–water partition coefficient (Wildman–Crippen LogP) is 3.38. The Bertz CT molecular complexity index is 318. The number of aliphatic imine (C=N–C) groups is 1. The fraction of sp³-hybridized carbons (Fsp3) is 0.417. The normalized spacial score (nSPS) is 11.8. The molecular weight excluding hydrogens is 190 g/mol. The van der Waals surface area contributed by atoms with Gasteiger partial charge in [0.1, 0.15) is 0 Å². The summed E-state index contributed by atoms with van der Waals surface area (Å²) >= 11 is 1.81. The van der Waals surface area contributed by atoms with Crippen LogP contribution >= 0.6 is 11.8 Å². The largest absolute Gasteiger partial charge is 0.281 e. The molecule has 14 heavy (non-hydrogen) atoms. The maximum absolute atomic E-state index is 4.34. The monoisotopic (exact) mass is 207 g/mol. The van der Waals surface area contributed by atoms with Crippen LogP contribution in [0.4, 0.5) is 0 Å². The first-order chi connectivity index (χ1) is 6.83. The van der Waals surface area contributed by atoms with Crippen LogP contribution in [-0.4, -0.2) is 17.8 Å². The number of rotatable bonds is 3. The Morgan fingerprint density at radius 1 is 1.29 bits per heavy atom. The summed E-state index contributed by atoms with van der Waals surface area (Å²) in [6.45, 7) is 4.34. The number of aryl methyl sites for hydroxylation is 1. The van der Waals surface area contributed by atoms with E-state index >= 15 is 0 Å². The van der Waals surface area contributed by atoms with E-state index in [1.54, 1.807) is 0 Å². The Labute approximate surface area is 90.6 Å². The van der Waals surface area contributed by atoms with Crippen molar-refractivity contribution in [2.75, 3.05) is 12.8 Å². The molecule has 0 radical (unpaired) electrons. The van der Waals surface area contributed by atoms with Crippen molar-refractivity contribution >= 4 is 16.8 Å². The zero-order valence-corrected chi connectivity index (χ0v) is 9.90. The molecule has 0 atom stereocenters. The summed E-state index contributed by atoms with van der Waals surface area (Å²) in [6.07, 6.45) is 1.07. The van der Waals surface area contributed by atoms with Crippen LogP contribution in [0.3, 0.4) is 0 Å². The number of benzene rings is 1. The Morgan fingerprint density at radius 3 is 2.57 bits per heavy atom. The van der Waals surface area contributed by atoms with Gasteiger partial charge in [0, 0.05) is 12.6 Å². The van der Waals surface area contributed by atoms with Crippen molar-refractivity contribution < 1.29 is 0 Å². The molecule has 0 spiro atoms. The van der Waals surface area contributed by atoms with Gasteiger partial charge in [0.25, 0.3) is 0 Å². The molecule has 2 heteroatoms. The van der Waals surface area contributed by atoms with E-state index in [1.807, 2.05) is 18.8 Å². The molecule has 1 aromatic rings. The average molecular weight is 207 g/mol. The van der Waals surface area contributed by atoms with E-state index in [1.165, 1.54) is 11.1 Å². The fourth-order valence-corrected chi connectivity index (χ4v) is 2.19. The minimum atomic E-state index is 1.07. The van der Waals surface area contributed by atoms with Crippen LogP contribution in [0.2, 0.25) is 0 Å². The van der Waals surface area contributed by atoms with E-state index in [-0.39, 0.29) is 0 Å². The van der Waals surface area contributed by atoms with Crippen LogP contribution in [0, 0.1) is 0 Å². The van der Waals surface area contributed by atoms with Crippen molar-refractivity contribution in [2.24, 2.45) is 4.99 Å². The first-order valence-corrected chi connectivity index (χ1v) is 5.99. The molecule has 0 aliphatic heterocycles. The SMILES string of the molecule is CCSC(=NC)c1ccccc1CC. The lowest BCUT2D eigenvalue weighted by Crippen LogP contribution is -2.00. The Morgan fingerprint density at radius 2 is 2.00 bits per heavy atom. The standard InChI is InChI=1S/C12H17NS/c1-4-10-8-6-7-9-11(10)12(13-3)14-5-2/h6-9H,4-5H2,1-3H3. The van der Waals surface area contributed by atoms with Crippen LogP contribution in [0.1, 0.15) is 25.0 Å². The first-order valence-electron chi connectivity index (χ1n) is 5.01.